The Morgan fingerprint density at radius 1 is 1.44 bits per heavy atom. The molecule has 0 bridgehead atoms. The summed E-state index contributed by atoms with van der Waals surface area (Å²) in [5.74, 6) is 2.27. The van der Waals surface area contributed by atoms with Crippen LogP contribution in [0, 0.1) is 17.8 Å². The molecule has 2 N–H and O–H groups in total. The van der Waals surface area contributed by atoms with Gasteiger partial charge >= 0.3 is 0 Å². The fraction of sp³-hybridized carbons (Fsp3) is 0.923. The minimum atomic E-state index is 0.0969. The lowest BCUT2D eigenvalue weighted by molar-refractivity contribution is -0.123. The highest BCUT2D eigenvalue weighted by atomic mass is 16.2. The summed E-state index contributed by atoms with van der Waals surface area (Å²) in [6, 6.07) is 0.0969. The molecule has 0 aromatic carbocycles. The molecule has 16 heavy (non-hydrogen) atoms. The molecule has 0 radical (unpaired) electrons. The molecule has 0 aromatic rings. The SMILES string of the molecule is CC(C)CCNC(=O)C1NCC2CCCC21. The highest BCUT2D eigenvalue weighted by molar-refractivity contribution is 5.82. The first-order valence-electron chi connectivity index (χ1n) is 6.69. The van der Waals surface area contributed by atoms with Gasteiger partial charge in [0.25, 0.3) is 0 Å². The minimum absolute atomic E-state index is 0.0969. The molecule has 1 amide bonds. The lowest BCUT2D eigenvalue weighted by Crippen LogP contribution is -2.44. The summed E-state index contributed by atoms with van der Waals surface area (Å²) in [7, 11) is 0. The van der Waals surface area contributed by atoms with E-state index < -0.39 is 0 Å². The Hall–Kier alpha value is -0.570. The second kappa shape index (κ2) is 5.17. The Labute approximate surface area is 98.4 Å². The van der Waals surface area contributed by atoms with E-state index in [1.807, 2.05) is 0 Å². The quantitative estimate of drug-likeness (QED) is 0.760. The van der Waals surface area contributed by atoms with E-state index in [1.165, 1.54) is 19.3 Å². The summed E-state index contributed by atoms with van der Waals surface area (Å²) < 4.78 is 0. The van der Waals surface area contributed by atoms with Crippen LogP contribution in [-0.2, 0) is 4.79 Å². The third kappa shape index (κ3) is 2.57. The molecular weight excluding hydrogens is 200 g/mol. The molecule has 1 saturated heterocycles. The molecule has 1 saturated carbocycles. The van der Waals surface area contributed by atoms with Crippen molar-refractivity contribution in [3.63, 3.8) is 0 Å². The second-order valence-corrected chi connectivity index (χ2v) is 5.71. The Bertz CT molecular complexity index is 252. The van der Waals surface area contributed by atoms with Crippen LogP contribution in [0.15, 0.2) is 0 Å². The van der Waals surface area contributed by atoms with Crippen LogP contribution in [0.5, 0.6) is 0 Å². The second-order valence-electron chi connectivity index (χ2n) is 5.71. The maximum absolute atomic E-state index is 12.0. The molecule has 3 nitrogen and oxygen atoms in total. The number of hydrogen-bond acceptors (Lipinski definition) is 2. The van der Waals surface area contributed by atoms with Gasteiger partial charge < -0.3 is 10.6 Å². The highest BCUT2D eigenvalue weighted by Crippen LogP contribution is 2.37. The monoisotopic (exact) mass is 224 g/mol. The third-order valence-electron chi connectivity index (χ3n) is 4.05. The van der Waals surface area contributed by atoms with Gasteiger partial charge in [-0.2, -0.15) is 0 Å². The van der Waals surface area contributed by atoms with Crippen LogP contribution in [0.2, 0.25) is 0 Å². The van der Waals surface area contributed by atoms with Crippen molar-refractivity contribution >= 4 is 5.91 Å². The summed E-state index contributed by atoms with van der Waals surface area (Å²) >= 11 is 0. The zero-order valence-electron chi connectivity index (χ0n) is 10.5. The van der Waals surface area contributed by atoms with Gasteiger partial charge in [0.1, 0.15) is 0 Å². The largest absolute Gasteiger partial charge is 0.355 e. The molecule has 3 atom stereocenters. The van der Waals surface area contributed by atoms with Crippen LogP contribution < -0.4 is 10.6 Å². The standard InChI is InChI=1S/C13H24N2O/c1-9(2)6-7-14-13(16)12-11-5-3-4-10(11)8-15-12/h9-12,15H,3-8H2,1-2H3,(H,14,16). The van der Waals surface area contributed by atoms with Crippen molar-refractivity contribution in [1.29, 1.82) is 0 Å². The molecule has 0 aromatic heterocycles. The summed E-state index contributed by atoms with van der Waals surface area (Å²) in [6.45, 7) is 6.25. The third-order valence-corrected chi connectivity index (χ3v) is 4.05. The van der Waals surface area contributed by atoms with Crippen LogP contribution in [0.3, 0.4) is 0 Å². The van der Waals surface area contributed by atoms with Crippen molar-refractivity contribution in [2.75, 3.05) is 13.1 Å². The molecule has 1 aliphatic carbocycles. The number of carbonyl (C=O) groups excluding carboxylic acids is 1. The van der Waals surface area contributed by atoms with E-state index in [9.17, 15) is 4.79 Å². The number of amides is 1. The van der Waals surface area contributed by atoms with Crippen LogP contribution in [0.4, 0.5) is 0 Å². The Morgan fingerprint density at radius 3 is 3.00 bits per heavy atom. The van der Waals surface area contributed by atoms with E-state index in [0.29, 0.717) is 11.8 Å². The number of fused-ring (bicyclic) bond motifs is 1. The lowest BCUT2D eigenvalue weighted by atomic mass is 9.93. The number of hydrogen-bond donors (Lipinski definition) is 2. The average Bonchev–Trinajstić information content (AvgIpc) is 2.76. The van der Waals surface area contributed by atoms with Crippen molar-refractivity contribution in [1.82, 2.24) is 10.6 Å². The van der Waals surface area contributed by atoms with Crippen LogP contribution in [0.25, 0.3) is 0 Å². The molecule has 2 aliphatic rings. The predicted octanol–water partition coefficient (Wildman–Crippen LogP) is 1.54. The first-order valence-corrected chi connectivity index (χ1v) is 6.69. The fourth-order valence-corrected chi connectivity index (χ4v) is 3.07. The molecule has 1 aliphatic heterocycles. The van der Waals surface area contributed by atoms with Crippen molar-refractivity contribution < 1.29 is 4.79 Å². The summed E-state index contributed by atoms with van der Waals surface area (Å²) in [5, 5.41) is 6.45. The number of carbonyl (C=O) groups is 1. The first-order chi connectivity index (χ1) is 7.68. The van der Waals surface area contributed by atoms with Crippen molar-refractivity contribution in [3.8, 4) is 0 Å². The normalized spacial score (nSPS) is 33.1. The van der Waals surface area contributed by atoms with Gasteiger partial charge in [-0.15, -0.1) is 0 Å². The topological polar surface area (TPSA) is 41.1 Å². The molecule has 3 unspecified atom stereocenters. The van der Waals surface area contributed by atoms with E-state index in [-0.39, 0.29) is 11.9 Å². The summed E-state index contributed by atoms with van der Waals surface area (Å²) in [4.78, 5) is 12.0. The van der Waals surface area contributed by atoms with Gasteiger partial charge in [0, 0.05) is 6.54 Å². The smallest absolute Gasteiger partial charge is 0.237 e. The first kappa shape index (κ1) is 11.9. The fourth-order valence-electron chi connectivity index (χ4n) is 3.07. The summed E-state index contributed by atoms with van der Waals surface area (Å²) in [6.07, 6.45) is 4.94. The van der Waals surface area contributed by atoms with E-state index in [2.05, 4.69) is 24.5 Å². The zero-order valence-corrected chi connectivity index (χ0v) is 10.5. The summed E-state index contributed by atoms with van der Waals surface area (Å²) in [5.41, 5.74) is 0. The highest BCUT2D eigenvalue weighted by Gasteiger charge is 2.42. The van der Waals surface area contributed by atoms with Crippen molar-refractivity contribution in [3.05, 3.63) is 0 Å². The molecule has 92 valence electrons. The van der Waals surface area contributed by atoms with E-state index in [1.54, 1.807) is 0 Å². The van der Waals surface area contributed by atoms with Gasteiger partial charge in [-0.3, -0.25) is 4.79 Å². The van der Waals surface area contributed by atoms with Gasteiger partial charge in [-0.25, -0.2) is 0 Å². The minimum Gasteiger partial charge on any atom is -0.355 e. The molecule has 2 rings (SSSR count). The molecule has 3 heteroatoms. The van der Waals surface area contributed by atoms with E-state index in [0.717, 1.165) is 25.4 Å². The number of nitrogens with one attached hydrogen (secondary N) is 2. The van der Waals surface area contributed by atoms with E-state index in [4.69, 9.17) is 0 Å². The maximum Gasteiger partial charge on any atom is 0.237 e. The van der Waals surface area contributed by atoms with Crippen molar-refractivity contribution in [2.24, 2.45) is 17.8 Å². The Morgan fingerprint density at radius 2 is 2.25 bits per heavy atom. The maximum atomic E-state index is 12.0. The Balaban J connectivity index is 1.77. The molecule has 0 spiro atoms. The van der Waals surface area contributed by atoms with Crippen LogP contribution >= 0.6 is 0 Å². The molecular formula is C13H24N2O. The predicted molar refractivity (Wildman–Crippen MR) is 65.1 cm³/mol. The lowest BCUT2D eigenvalue weighted by Gasteiger charge is -2.18. The molecule has 2 fully saturated rings. The van der Waals surface area contributed by atoms with Gasteiger partial charge in [-0.05, 0) is 43.6 Å². The van der Waals surface area contributed by atoms with Gasteiger partial charge in [0.05, 0.1) is 6.04 Å². The van der Waals surface area contributed by atoms with Gasteiger partial charge in [0.15, 0.2) is 0 Å². The zero-order chi connectivity index (χ0) is 11.5. The molecule has 1 heterocycles. The van der Waals surface area contributed by atoms with Gasteiger partial charge in [-0.1, -0.05) is 20.3 Å². The average molecular weight is 224 g/mol. The van der Waals surface area contributed by atoms with Crippen LogP contribution in [-0.4, -0.2) is 25.0 Å². The van der Waals surface area contributed by atoms with E-state index >= 15 is 0 Å². The Kier molecular flexibility index (Phi) is 3.85. The van der Waals surface area contributed by atoms with Gasteiger partial charge in [0.2, 0.25) is 5.91 Å². The van der Waals surface area contributed by atoms with Crippen LogP contribution in [0.1, 0.15) is 39.5 Å². The van der Waals surface area contributed by atoms with Crippen molar-refractivity contribution in [2.45, 2.75) is 45.6 Å². The number of rotatable bonds is 4.